The smallest absolute Gasteiger partial charge is 0.236 e. The molecule has 0 aromatic rings. The molecule has 2 rings (SSSR count). The number of fused-ring (bicyclic) bond motifs is 1. The average molecular weight is 295 g/mol. The minimum absolute atomic E-state index is 0.109. The van der Waals surface area contributed by atoms with E-state index in [1.165, 1.54) is 4.90 Å². The first-order valence-corrected chi connectivity index (χ1v) is 7.69. The van der Waals surface area contributed by atoms with Crippen molar-refractivity contribution in [2.75, 3.05) is 6.29 Å². The Morgan fingerprint density at radius 3 is 1.75 bits per heavy atom. The molecule has 0 N–H and O–H groups in total. The second-order valence-corrected chi connectivity index (χ2v) is 6.26. The van der Waals surface area contributed by atoms with Crippen LogP contribution in [0.5, 0.6) is 0 Å². The zero-order valence-corrected chi connectivity index (χ0v) is 13.6. The predicted molar refractivity (Wildman–Crippen MR) is 80.9 cm³/mol. The van der Waals surface area contributed by atoms with Gasteiger partial charge in [0.25, 0.3) is 0 Å². The van der Waals surface area contributed by atoms with Crippen LogP contribution in [0.15, 0.2) is 23.3 Å². The molecule has 110 valence electrons. The minimum atomic E-state index is -0.376. The molecule has 5 unspecified atom stereocenters. The molecule has 2 fully saturated rings. The van der Waals surface area contributed by atoms with Crippen LogP contribution in [0.1, 0.15) is 27.7 Å². The fraction of sp³-hybridized carbons (Fsp3) is 0.600. The highest BCUT2D eigenvalue weighted by atomic mass is 31.0. The van der Waals surface area contributed by atoms with Gasteiger partial charge in [-0.2, -0.15) is 0 Å². The standard InChI is InChI=1S/C15H22NO3P/c1-8(2)5-10-12-13(11(19-10)6-9(3)4)15(18)16(7-20)14(12)17/h5-6,10-13H,7,20H2,1-4H3. The van der Waals surface area contributed by atoms with Gasteiger partial charge in [-0.25, -0.2) is 0 Å². The van der Waals surface area contributed by atoms with Gasteiger partial charge in [0.15, 0.2) is 0 Å². The van der Waals surface area contributed by atoms with Crippen molar-refractivity contribution >= 4 is 21.1 Å². The minimum Gasteiger partial charge on any atom is -0.365 e. The van der Waals surface area contributed by atoms with Crippen LogP contribution < -0.4 is 0 Å². The third-order valence-electron chi connectivity index (χ3n) is 3.69. The summed E-state index contributed by atoms with van der Waals surface area (Å²) in [6.07, 6.45) is 3.66. The Morgan fingerprint density at radius 1 is 1.05 bits per heavy atom. The lowest BCUT2D eigenvalue weighted by Gasteiger charge is -2.18. The number of amides is 2. The van der Waals surface area contributed by atoms with E-state index in [2.05, 4.69) is 9.24 Å². The predicted octanol–water partition coefficient (Wildman–Crippen LogP) is 2.12. The number of nitrogens with zero attached hydrogens (tertiary/aromatic N) is 1. The summed E-state index contributed by atoms with van der Waals surface area (Å²) in [5.41, 5.74) is 2.19. The van der Waals surface area contributed by atoms with Crippen LogP contribution in [0.2, 0.25) is 0 Å². The first-order chi connectivity index (χ1) is 9.36. The van der Waals surface area contributed by atoms with E-state index < -0.39 is 0 Å². The van der Waals surface area contributed by atoms with Crippen LogP contribution >= 0.6 is 9.24 Å². The number of allylic oxidation sites excluding steroid dienone is 2. The molecule has 0 saturated carbocycles. The molecule has 0 aliphatic carbocycles. The number of hydrogen-bond acceptors (Lipinski definition) is 3. The Hall–Kier alpha value is -0.990. The van der Waals surface area contributed by atoms with E-state index in [0.717, 1.165) is 11.1 Å². The summed E-state index contributed by atoms with van der Waals surface area (Å²) in [4.78, 5) is 26.2. The molecule has 2 aliphatic rings. The van der Waals surface area contributed by atoms with Crippen LogP contribution in [0.25, 0.3) is 0 Å². The SMILES string of the molecule is CC(C)=CC1OC(C=C(C)C)C2C(=O)N(CP)C(=O)C12. The molecule has 5 atom stereocenters. The zero-order chi connectivity index (χ0) is 15.0. The Bertz CT molecular complexity index is 447. The van der Waals surface area contributed by atoms with Gasteiger partial charge in [-0.05, 0) is 27.7 Å². The van der Waals surface area contributed by atoms with Crippen molar-refractivity contribution in [3.63, 3.8) is 0 Å². The summed E-state index contributed by atoms with van der Waals surface area (Å²) in [7, 11) is 2.45. The quantitative estimate of drug-likeness (QED) is 0.455. The van der Waals surface area contributed by atoms with E-state index in [9.17, 15) is 9.59 Å². The molecular weight excluding hydrogens is 273 g/mol. The Morgan fingerprint density at radius 2 is 1.45 bits per heavy atom. The molecule has 4 nitrogen and oxygen atoms in total. The van der Waals surface area contributed by atoms with Gasteiger partial charge in [0.1, 0.15) is 0 Å². The van der Waals surface area contributed by atoms with E-state index >= 15 is 0 Å². The van der Waals surface area contributed by atoms with Gasteiger partial charge in [0, 0.05) is 6.29 Å². The summed E-state index contributed by atoms with van der Waals surface area (Å²) in [5, 5.41) is 0. The highest BCUT2D eigenvalue weighted by Gasteiger charge is 2.58. The van der Waals surface area contributed by atoms with Crippen molar-refractivity contribution in [1.29, 1.82) is 0 Å². The normalized spacial score (nSPS) is 32.4. The maximum atomic E-state index is 12.4. The first kappa shape index (κ1) is 15.4. The van der Waals surface area contributed by atoms with Crippen molar-refractivity contribution in [3.8, 4) is 0 Å². The number of hydrogen-bond donors (Lipinski definition) is 0. The Kier molecular flexibility index (Phi) is 4.46. The third kappa shape index (κ3) is 2.59. The third-order valence-corrected chi connectivity index (χ3v) is 4.05. The van der Waals surface area contributed by atoms with Crippen molar-refractivity contribution < 1.29 is 14.3 Å². The van der Waals surface area contributed by atoms with Crippen LogP contribution in [-0.4, -0.2) is 35.2 Å². The van der Waals surface area contributed by atoms with Crippen molar-refractivity contribution in [2.45, 2.75) is 39.9 Å². The topological polar surface area (TPSA) is 46.6 Å². The number of carbonyl (C=O) groups is 2. The highest BCUT2D eigenvalue weighted by molar-refractivity contribution is 7.16. The molecule has 20 heavy (non-hydrogen) atoms. The molecule has 2 heterocycles. The van der Waals surface area contributed by atoms with E-state index in [4.69, 9.17) is 4.74 Å². The van der Waals surface area contributed by atoms with Gasteiger partial charge in [-0.1, -0.05) is 23.3 Å². The molecule has 0 radical (unpaired) electrons. The lowest BCUT2D eigenvalue weighted by Crippen LogP contribution is -2.34. The van der Waals surface area contributed by atoms with Crippen LogP contribution in [0.3, 0.4) is 0 Å². The number of ether oxygens (including phenoxy) is 1. The Labute approximate surface area is 122 Å². The van der Waals surface area contributed by atoms with Gasteiger partial charge >= 0.3 is 0 Å². The highest BCUT2D eigenvalue weighted by Crippen LogP contribution is 2.42. The van der Waals surface area contributed by atoms with Gasteiger partial charge in [0.05, 0.1) is 24.0 Å². The van der Waals surface area contributed by atoms with Crippen molar-refractivity contribution in [1.82, 2.24) is 4.90 Å². The lowest BCUT2D eigenvalue weighted by atomic mass is 9.88. The average Bonchev–Trinajstić information content (AvgIpc) is 2.77. The first-order valence-electron chi connectivity index (χ1n) is 6.87. The van der Waals surface area contributed by atoms with Gasteiger partial charge in [-0.15, -0.1) is 9.24 Å². The van der Waals surface area contributed by atoms with Gasteiger partial charge in [-0.3, -0.25) is 14.5 Å². The fourth-order valence-electron chi connectivity index (χ4n) is 2.94. The number of rotatable bonds is 3. The monoisotopic (exact) mass is 295 g/mol. The molecule has 0 spiro atoms. The van der Waals surface area contributed by atoms with E-state index in [1.54, 1.807) is 0 Å². The maximum Gasteiger partial charge on any atom is 0.236 e. The largest absolute Gasteiger partial charge is 0.365 e. The molecule has 5 heteroatoms. The molecule has 0 aromatic heterocycles. The van der Waals surface area contributed by atoms with Crippen LogP contribution in [0, 0.1) is 11.8 Å². The van der Waals surface area contributed by atoms with Crippen molar-refractivity contribution in [3.05, 3.63) is 23.3 Å². The summed E-state index contributed by atoms with van der Waals surface area (Å²) in [6, 6.07) is 0. The number of carbonyl (C=O) groups excluding carboxylic acids is 2. The molecule has 2 saturated heterocycles. The zero-order valence-electron chi connectivity index (χ0n) is 12.4. The molecule has 2 aliphatic heterocycles. The molecule has 0 bridgehead atoms. The summed E-state index contributed by atoms with van der Waals surface area (Å²) >= 11 is 0. The number of imide groups is 1. The van der Waals surface area contributed by atoms with E-state index in [1.807, 2.05) is 39.8 Å². The maximum absolute atomic E-state index is 12.4. The molecule has 0 aromatic carbocycles. The summed E-state index contributed by atoms with van der Waals surface area (Å²) < 4.78 is 5.96. The second kappa shape index (κ2) is 5.79. The van der Waals surface area contributed by atoms with E-state index in [-0.39, 0.29) is 35.9 Å². The lowest BCUT2D eigenvalue weighted by molar-refractivity contribution is -0.141. The van der Waals surface area contributed by atoms with E-state index in [0.29, 0.717) is 6.29 Å². The summed E-state index contributed by atoms with van der Waals surface area (Å²) in [5.74, 6) is -0.971. The number of likely N-dealkylation sites (tertiary alicyclic amines) is 1. The fourth-order valence-corrected chi connectivity index (χ4v) is 3.30. The second-order valence-electron chi connectivity index (χ2n) is 5.89. The molecule has 2 amide bonds. The summed E-state index contributed by atoms with van der Waals surface area (Å²) in [6.45, 7) is 7.89. The van der Waals surface area contributed by atoms with Crippen molar-refractivity contribution in [2.24, 2.45) is 11.8 Å². The van der Waals surface area contributed by atoms with Crippen LogP contribution in [0.4, 0.5) is 0 Å². The van der Waals surface area contributed by atoms with Gasteiger partial charge < -0.3 is 4.74 Å². The van der Waals surface area contributed by atoms with Crippen LogP contribution in [-0.2, 0) is 14.3 Å². The van der Waals surface area contributed by atoms with Gasteiger partial charge in [0.2, 0.25) is 11.8 Å². The molecular formula is C15H22NO3P. The Balaban J connectivity index is 2.39.